The Balaban J connectivity index is 1.56. The van der Waals surface area contributed by atoms with E-state index >= 15 is 0 Å². The van der Waals surface area contributed by atoms with E-state index in [1.807, 2.05) is 4.68 Å². The third-order valence-electron chi connectivity index (χ3n) is 3.90. The number of halogens is 1. The van der Waals surface area contributed by atoms with Crippen molar-refractivity contribution in [2.24, 2.45) is 0 Å². The van der Waals surface area contributed by atoms with Gasteiger partial charge in [-0.2, -0.15) is 0 Å². The van der Waals surface area contributed by atoms with Crippen molar-refractivity contribution in [3.63, 3.8) is 0 Å². The average Bonchev–Trinajstić information content (AvgIpc) is 3.24. The largest absolute Gasteiger partial charge is 0.495 e. The van der Waals surface area contributed by atoms with Crippen LogP contribution in [-0.4, -0.2) is 39.0 Å². The molecule has 0 bridgehead atoms. The molecule has 1 aliphatic rings. The van der Waals surface area contributed by atoms with Crippen molar-refractivity contribution in [1.82, 2.24) is 20.2 Å². The van der Waals surface area contributed by atoms with Gasteiger partial charge in [-0.1, -0.05) is 36.2 Å². The maximum atomic E-state index is 12.1. The summed E-state index contributed by atoms with van der Waals surface area (Å²) in [5, 5.41) is 15.8. The number of aromatic nitrogens is 4. The lowest BCUT2D eigenvalue weighted by atomic mass is 10.3. The lowest BCUT2D eigenvalue weighted by Gasteiger charge is -2.11. The Morgan fingerprint density at radius 2 is 2.25 bits per heavy atom. The van der Waals surface area contributed by atoms with E-state index in [0.29, 0.717) is 27.7 Å². The van der Waals surface area contributed by atoms with Crippen molar-refractivity contribution >= 4 is 35.0 Å². The second-order valence-corrected chi connectivity index (χ2v) is 6.88. The molecule has 7 nitrogen and oxygen atoms in total. The first kappa shape index (κ1) is 17.0. The first-order valence-corrected chi connectivity index (χ1v) is 9.08. The Morgan fingerprint density at radius 1 is 1.46 bits per heavy atom. The lowest BCUT2D eigenvalue weighted by molar-refractivity contribution is -0.113. The summed E-state index contributed by atoms with van der Waals surface area (Å²) in [5.74, 6) is 0.665. The molecule has 0 saturated heterocycles. The van der Waals surface area contributed by atoms with Crippen LogP contribution < -0.4 is 10.1 Å². The Morgan fingerprint density at radius 3 is 2.96 bits per heavy atom. The zero-order chi connectivity index (χ0) is 16.9. The number of methoxy groups -OCH3 is 1. The molecule has 1 aromatic heterocycles. The highest BCUT2D eigenvalue weighted by Gasteiger charge is 2.22. The van der Waals surface area contributed by atoms with Crippen LogP contribution in [0.5, 0.6) is 5.75 Å². The van der Waals surface area contributed by atoms with Gasteiger partial charge in [-0.15, -0.1) is 5.10 Å². The summed E-state index contributed by atoms with van der Waals surface area (Å²) in [4.78, 5) is 12.1. The second kappa shape index (κ2) is 7.85. The average molecular weight is 368 g/mol. The van der Waals surface area contributed by atoms with Gasteiger partial charge in [0.1, 0.15) is 5.75 Å². The standard InChI is InChI=1S/C15H18ClN5O2S/c1-23-13-7-6-10(8-12(13)16)17-14(22)9-24-15-18-19-20-21(15)11-4-2-3-5-11/h6-8,11H,2-5,9H2,1H3,(H,17,22). The van der Waals surface area contributed by atoms with Crippen LogP contribution in [0.15, 0.2) is 23.4 Å². The van der Waals surface area contributed by atoms with E-state index in [4.69, 9.17) is 16.3 Å². The molecule has 9 heteroatoms. The monoisotopic (exact) mass is 367 g/mol. The van der Waals surface area contributed by atoms with Gasteiger partial charge in [0.05, 0.1) is 23.9 Å². The summed E-state index contributed by atoms with van der Waals surface area (Å²) in [5.41, 5.74) is 0.627. The van der Waals surface area contributed by atoms with Crippen molar-refractivity contribution in [1.29, 1.82) is 0 Å². The third kappa shape index (κ3) is 3.99. The van der Waals surface area contributed by atoms with E-state index in [-0.39, 0.29) is 11.7 Å². The van der Waals surface area contributed by atoms with E-state index in [9.17, 15) is 4.79 Å². The van der Waals surface area contributed by atoms with Gasteiger partial charge in [0, 0.05) is 5.69 Å². The van der Waals surface area contributed by atoms with Crippen LogP contribution in [0.4, 0.5) is 5.69 Å². The van der Waals surface area contributed by atoms with E-state index in [1.54, 1.807) is 25.3 Å². The molecule has 0 spiro atoms. The molecule has 2 aromatic rings. The number of ether oxygens (including phenoxy) is 1. The van der Waals surface area contributed by atoms with Gasteiger partial charge < -0.3 is 10.1 Å². The zero-order valence-corrected chi connectivity index (χ0v) is 14.8. The predicted molar refractivity (Wildman–Crippen MR) is 92.7 cm³/mol. The smallest absolute Gasteiger partial charge is 0.234 e. The highest BCUT2D eigenvalue weighted by Crippen LogP contribution is 2.31. The van der Waals surface area contributed by atoms with Gasteiger partial charge >= 0.3 is 0 Å². The fourth-order valence-corrected chi connectivity index (χ4v) is 3.73. The molecular weight excluding hydrogens is 350 g/mol. The fraction of sp³-hybridized carbons (Fsp3) is 0.467. The minimum Gasteiger partial charge on any atom is -0.495 e. The maximum Gasteiger partial charge on any atom is 0.234 e. The van der Waals surface area contributed by atoms with Crippen molar-refractivity contribution in [3.8, 4) is 5.75 Å². The zero-order valence-electron chi connectivity index (χ0n) is 13.2. The van der Waals surface area contributed by atoms with Gasteiger partial charge in [-0.05, 0) is 41.5 Å². The fourth-order valence-electron chi connectivity index (χ4n) is 2.73. The molecule has 0 aliphatic heterocycles. The Labute approximate surface area is 149 Å². The van der Waals surface area contributed by atoms with Crippen molar-refractivity contribution in [2.45, 2.75) is 36.9 Å². The molecule has 1 amide bonds. The van der Waals surface area contributed by atoms with Gasteiger partial charge in [0.15, 0.2) is 0 Å². The van der Waals surface area contributed by atoms with Crippen LogP contribution in [0.25, 0.3) is 0 Å². The Bertz CT molecular complexity index is 718. The summed E-state index contributed by atoms with van der Waals surface area (Å²) in [7, 11) is 1.55. The summed E-state index contributed by atoms with van der Waals surface area (Å²) in [6.07, 6.45) is 4.59. The molecule has 3 rings (SSSR count). The quantitative estimate of drug-likeness (QED) is 0.789. The molecule has 1 aromatic carbocycles. The number of hydrogen-bond acceptors (Lipinski definition) is 6. The van der Waals surface area contributed by atoms with Crippen molar-refractivity contribution in [2.75, 3.05) is 18.2 Å². The van der Waals surface area contributed by atoms with Crippen LogP contribution >= 0.6 is 23.4 Å². The SMILES string of the molecule is COc1ccc(NC(=O)CSc2nnnn2C2CCCC2)cc1Cl. The second-order valence-electron chi connectivity index (χ2n) is 5.53. The van der Waals surface area contributed by atoms with E-state index in [1.165, 1.54) is 24.6 Å². The topological polar surface area (TPSA) is 81.9 Å². The number of nitrogens with one attached hydrogen (secondary N) is 1. The molecule has 24 heavy (non-hydrogen) atoms. The number of carbonyl (C=O) groups excluding carboxylic acids is 1. The minimum absolute atomic E-state index is 0.137. The van der Waals surface area contributed by atoms with Gasteiger partial charge in [0.25, 0.3) is 0 Å². The van der Waals surface area contributed by atoms with Gasteiger partial charge in [0.2, 0.25) is 11.1 Å². The van der Waals surface area contributed by atoms with Gasteiger partial charge in [-0.25, -0.2) is 4.68 Å². The molecule has 1 N–H and O–H groups in total. The summed E-state index contributed by atoms with van der Waals surface area (Å²) >= 11 is 7.39. The van der Waals surface area contributed by atoms with Crippen LogP contribution in [0.2, 0.25) is 5.02 Å². The molecule has 1 heterocycles. The highest BCUT2D eigenvalue weighted by molar-refractivity contribution is 7.99. The Kier molecular flexibility index (Phi) is 5.57. The molecule has 0 unspecified atom stereocenters. The maximum absolute atomic E-state index is 12.1. The highest BCUT2D eigenvalue weighted by atomic mass is 35.5. The number of amides is 1. The molecule has 128 valence electrons. The normalized spacial score (nSPS) is 14.8. The number of nitrogens with zero attached hydrogens (tertiary/aromatic N) is 4. The lowest BCUT2D eigenvalue weighted by Crippen LogP contribution is -2.15. The molecular formula is C15H18ClN5O2S. The molecule has 1 saturated carbocycles. The number of hydrogen-bond donors (Lipinski definition) is 1. The van der Waals surface area contributed by atoms with Gasteiger partial charge in [-0.3, -0.25) is 4.79 Å². The van der Waals surface area contributed by atoms with E-state index in [0.717, 1.165) is 12.8 Å². The first-order chi connectivity index (χ1) is 11.7. The first-order valence-electron chi connectivity index (χ1n) is 7.71. The van der Waals surface area contributed by atoms with E-state index in [2.05, 4.69) is 20.8 Å². The predicted octanol–water partition coefficient (Wildman–Crippen LogP) is 3.18. The summed E-state index contributed by atoms with van der Waals surface area (Å²) < 4.78 is 6.93. The van der Waals surface area contributed by atoms with Crippen molar-refractivity contribution in [3.05, 3.63) is 23.2 Å². The third-order valence-corrected chi connectivity index (χ3v) is 5.13. The minimum atomic E-state index is -0.137. The number of tetrazole rings is 1. The van der Waals surface area contributed by atoms with Crippen LogP contribution in [-0.2, 0) is 4.79 Å². The summed E-state index contributed by atoms with van der Waals surface area (Å²) in [6.45, 7) is 0. The Hall–Kier alpha value is -1.80. The van der Waals surface area contributed by atoms with Crippen LogP contribution in [0.1, 0.15) is 31.7 Å². The number of rotatable bonds is 6. The molecule has 0 atom stereocenters. The molecule has 1 aliphatic carbocycles. The van der Waals surface area contributed by atoms with E-state index < -0.39 is 0 Å². The number of carbonyl (C=O) groups is 1. The number of benzene rings is 1. The summed E-state index contributed by atoms with van der Waals surface area (Å²) in [6, 6.07) is 5.47. The van der Waals surface area contributed by atoms with Crippen molar-refractivity contribution < 1.29 is 9.53 Å². The number of thioether (sulfide) groups is 1. The molecule has 1 fully saturated rings. The van der Waals surface area contributed by atoms with Crippen LogP contribution in [0.3, 0.4) is 0 Å². The molecule has 0 radical (unpaired) electrons. The van der Waals surface area contributed by atoms with Crippen LogP contribution in [0, 0.1) is 0 Å². The number of anilines is 1.